The van der Waals surface area contributed by atoms with E-state index < -0.39 is 23.5 Å². The highest BCUT2D eigenvalue weighted by atomic mass is 79.9. The molecular weight excluding hydrogens is 319 g/mol. The van der Waals surface area contributed by atoms with E-state index in [-0.39, 0.29) is 22.0 Å². The van der Waals surface area contributed by atoms with Crippen molar-refractivity contribution in [3.05, 3.63) is 69.4 Å². The Kier molecular flexibility index (Phi) is 4.27. The van der Waals surface area contributed by atoms with Crippen LogP contribution < -0.4 is 5.73 Å². The molecule has 0 radical (unpaired) electrons. The van der Waals surface area contributed by atoms with Gasteiger partial charge in [-0.2, -0.15) is 0 Å². The summed E-state index contributed by atoms with van der Waals surface area (Å²) in [5, 5.41) is 0. The third-order valence-electron chi connectivity index (χ3n) is 2.87. The molecule has 2 rings (SSSR count). The van der Waals surface area contributed by atoms with Crippen LogP contribution in [0.4, 0.5) is 13.2 Å². The molecule has 19 heavy (non-hydrogen) atoms. The van der Waals surface area contributed by atoms with Gasteiger partial charge in [-0.1, -0.05) is 18.2 Å². The van der Waals surface area contributed by atoms with Gasteiger partial charge in [0.15, 0.2) is 0 Å². The molecular formula is C14H11BrF3N. The van der Waals surface area contributed by atoms with E-state index >= 15 is 0 Å². The van der Waals surface area contributed by atoms with Crippen molar-refractivity contribution in [1.82, 2.24) is 0 Å². The van der Waals surface area contributed by atoms with Gasteiger partial charge in [0.2, 0.25) is 0 Å². The fourth-order valence-electron chi connectivity index (χ4n) is 1.86. The van der Waals surface area contributed by atoms with Crippen molar-refractivity contribution in [3.63, 3.8) is 0 Å². The first kappa shape index (κ1) is 14.1. The third-order valence-corrected chi connectivity index (χ3v) is 3.48. The molecule has 0 spiro atoms. The van der Waals surface area contributed by atoms with Gasteiger partial charge >= 0.3 is 0 Å². The monoisotopic (exact) mass is 329 g/mol. The average molecular weight is 330 g/mol. The molecule has 0 fully saturated rings. The van der Waals surface area contributed by atoms with Crippen molar-refractivity contribution in [3.8, 4) is 0 Å². The van der Waals surface area contributed by atoms with E-state index in [9.17, 15) is 13.2 Å². The number of halogens is 4. The van der Waals surface area contributed by atoms with E-state index in [2.05, 4.69) is 15.9 Å². The Morgan fingerprint density at radius 3 is 2.37 bits per heavy atom. The van der Waals surface area contributed by atoms with Gasteiger partial charge < -0.3 is 5.73 Å². The zero-order valence-electron chi connectivity index (χ0n) is 9.84. The van der Waals surface area contributed by atoms with Crippen molar-refractivity contribution in [2.24, 2.45) is 5.73 Å². The predicted octanol–water partition coefficient (Wildman–Crippen LogP) is 4.11. The lowest BCUT2D eigenvalue weighted by Crippen LogP contribution is -2.16. The summed E-state index contributed by atoms with van der Waals surface area (Å²) >= 11 is 2.98. The van der Waals surface area contributed by atoms with E-state index in [1.165, 1.54) is 24.3 Å². The molecule has 1 atom stereocenters. The molecule has 0 aliphatic carbocycles. The Labute approximate surface area is 117 Å². The molecule has 2 aromatic rings. The third kappa shape index (κ3) is 2.98. The summed E-state index contributed by atoms with van der Waals surface area (Å²) in [4.78, 5) is 0. The minimum atomic E-state index is -0.806. The van der Waals surface area contributed by atoms with Crippen LogP contribution in [0.5, 0.6) is 0 Å². The maximum atomic E-state index is 13.8. The van der Waals surface area contributed by atoms with Gasteiger partial charge in [0, 0.05) is 17.2 Å². The van der Waals surface area contributed by atoms with Crippen molar-refractivity contribution in [1.29, 1.82) is 0 Å². The van der Waals surface area contributed by atoms with Gasteiger partial charge in [0.25, 0.3) is 0 Å². The number of rotatable bonds is 3. The lowest BCUT2D eigenvalue weighted by atomic mass is 9.98. The van der Waals surface area contributed by atoms with E-state index in [4.69, 9.17) is 5.73 Å². The van der Waals surface area contributed by atoms with Gasteiger partial charge in [-0.15, -0.1) is 0 Å². The number of benzene rings is 2. The van der Waals surface area contributed by atoms with Crippen LogP contribution in [-0.4, -0.2) is 0 Å². The molecule has 2 aromatic carbocycles. The zero-order valence-corrected chi connectivity index (χ0v) is 11.4. The molecule has 0 aliphatic rings. The van der Waals surface area contributed by atoms with Crippen molar-refractivity contribution in [2.75, 3.05) is 0 Å². The molecule has 0 amide bonds. The summed E-state index contributed by atoms with van der Waals surface area (Å²) in [6, 6.07) is 7.56. The summed E-state index contributed by atoms with van der Waals surface area (Å²) in [6.07, 6.45) is -0.113. The van der Waals surface area contributed by atoms with E-state index in [0.717, 1.165) is 6.07 Å². The quantitative estimate of drug-likeness (QED) is 0.842. The molecule has 0 saturated heterocycles. The van der Waals surface area contributed by atoms with Gasteiger partial charge in [0.1, 0.15) is 17.5 Å². The summed E-state index contributed by atoms with van der Waals surface area (Å²) < 4.78 is 41.1. The minimum absolute atomic E-state index is 0.113. The summed E-state index contributed by atoms with van der Waals surface area (Å²) in [7, 11) is 0. The number of nitrogens with two attached hydrogens (primary N) is 1. The van der Waals surface area contributed by atoms with Crippen molar-refractivity contribution < 1.29 is 13.2 Å². The van der Waals surface area contributed by atoms with E-state index in [0.29, 0.717) is 0 Å². The Bertz CT molecular complexity index is 601. The van der Waals surface area contributed by atoms with Crippen LogP contribution in [0.2, 0.25) is 0 Å². The maximum Gasteiger partial charge on any atom is 0.143 e. The molecule has 1 nitrogen and oxygen atoms in total. The smallest absolute Gasteiger partial charge is 0.143 e. The van der Waals surface area contributed by atoms with Crippen LogP contribution in [0.1, 0.15) is 17.2 Å². The maximum absolute atomic E-state index is 13.8. The second kappa shape index (κ2) is 5.75. The van der Waals surface area contributed by atoms with Crippen LogP contribution >= 0.6 is 15.9 Å². The Balaban J connectivity index is 2.32. The Morgan fingerprint density at radius 2 is 1.68 bits per heavy atom. The largest absolute Gasteiger partial charge is 0.324 e. The van der Waals surface area contributed by atoms with Crippen molar-refractivity contribution in [2.45, 2.75) is 12.5 Å². The van der Waals surface area contributed by atoms with Crippen LogP contribution in [0.25, 0.3) is 0 Å². The normalized spacial score (nSPS) is 12.5. The van der Waals surface area contributed by atoms with E-state index in [1.807, 2.05) is 0 Å². The molecule has 0 aromatic heterocycles. The molecule has 5 heteroatoms. The fourth-order valence-corrected chi connectivity index (χ4v) is 2.23. The number of hydrogen-bond donors (Lipinski definition) is 1. The lowest BCUT2D eigenvalue weighted by molar-refractivity contribution is 0.525. The van der Waals surface area contributed by atoms with E-state index in [1.54, 1.807) is 6.07 Å². The molecule has 100 valence electrons. The van der Waals surface area contributed by atoms with Crippen LogP contribution in [-0.2, 0) is 6.42 Å². The summed E-state index contributed by atoms with van der Waals surface area (Å²) in [5.41, 5.74) is 5.92. The zero-order chi connectivity index (χ0) is 14.0. The molecule has 0 saturated carbocycles. The second-order valence-electron chi connectivity index (χ2n) is 4.15. The first-order chi connectivity index (χ1) is 9.00. The molecule has 0 bridgehead atoms. The van der Waals surface area contributed by atoms with Crippen LogP contribution in [0.3, 0.4) is 0 Å². The first-order valence-corrected chi connectivity index (χ1v) is 6.42. The highest BCUT2D eigenvalue weighted by Gasteiger charge is 2.18. The standard InChI is InChI=1S/C14H11BrF3N/c15-10-5-6-12(17)9(14(10)18)7-13(19)8-3-1-2-4-11(8)16/h1-6,13H,7,19H2. The molecule has 0 aliphatic heterocycles. The number of hydrogen-bond acceptors (Lipinski definition) is 1. The van der Waals surface area contributed by atoms with Gasteiger partial charge in [-0.05, 0) is 40.5 Å². The van der Waals surface area contributed by atoms with Gasteiger partial charge in [0.05, 0.1) is 4.47 Å². The lowest BCUT2D eigenvalue weighted by Gasteiger charge is -2.14. The molecule has 2 N–H and O–H groups in total. The predicted molar refractivity (Wildman–Crippen MR) is 71.1 cm³/mol. The van der Waals surface area contributed by atoms with Crippen molar-refractivity contribution >= 4 is 15.9 Å². The van der Waals surface area contributed by atoms with Gasteiger partial charge in [-0.3, -0.25) is 0 Å². The SMILES string of the molecule is NC(Cc1c(F)ccc(Br)c1F)c1ccccc1F. The van der Waals surface area contributed by atoms with Gasteiger partial charge in [-0.25, -0.2) is 13.2 Å². The average Bonchev–Trinajstić information content (AvgIpc) is 2.39. The second-order valence-corrected chi connectivity index (χ2v) is 5.01. The Morgan fingerprint density at radius 1 is 1.00 bits per heavy atom. The molecule has 1 unspecified atom stereocenters. The minimum Gasteiger partial charge on any atom is -0.324 e. The highest BCUT2D eigenvalue weighted by molar-refractivity contribution is 9.10. The summed E-state index contributed by atoms with van der Waals surface area (Å²) in [6.45, 7) is 0. The topological polar surface area (TPSA) is 26.0 Å². The Hall–Kier alpha value is -1.33. The molecule has 0 heterocycles. The van der Waals surface area contributed by atoms with Crippen LogP contribution in [0, 0.1) is 17.5 Å². The van der Waals surface area contributed by atoms with Crippen LogP contribution in [0.15, 0.2) is 40.9 Å². The summed E-state index contributed by atoms with van der Waals surface area (Å²) in [5.74, 6) is -1.87. The highest BCUT2D eigenvalue weighted by Crippen LogP contribution is 2.26. The first-order valence-electron chi connectivity index (χ1n) is 5.63. The fraction of sp³-hybridized carbons (Fsp3) is 0.143.